The van der Waals surface area contributed by atoms with Crippen molar-refractivity contribution < 1.29 is 0 Å². The van der Waals surface area contributed by atoms with Crippen LogP contribution >= 0.6 is 0 Å². The molecular weight excluding hydrogens is 204 g/mol. The van der Waals surface area contributed by atoms with Gasteiger partial charge in [0.1, 0.15) is 0 Å². The van der Waals surface area contributed by atoms with E-state index < -0.39 is 0 Å². The Bertz CT molecular complexity index is 681. The first-order valence-electron chi connectivity index (χ1n) is 6.13. The van der Waals surface area contributed by atoms with Gasteiger partial charge >= 0.3 is 0 Å². The Balaban J connectivity index is 2.18. The van der Waals surface area contributed by atoms with E-state index in [1.807, 2.05) is 0 Å². The number of allylic oxidation sites excluding steroid dienone is 4. The average molecular weight is 216 g/mol. The third-order valence-corrected chi connectivity index (χ3v) is 3.89. The van der Waals surface area contributed by atoms with E-state index in [1.165, 1.54) is 33.0 Å². The van der Waals surface area contributed by atoms with Crippen LogP contribution in [-0.4, -0.2) is 0 Å². The van der Waals surface area contributed by atoms with Gasteiger partial charge in [-0.1, -0.05) is 43.3 Å². The van der Waals surface area contributed by atoms with Gasteiger partial charge in [-0.2, -0.15) is 0 Å². The average Bonchev–Trinajstić information content (AvgIpc) is 2.69. The molecule has 1 atom stereocenters. The van der Waals surface area contributed by atoms with E-state index in [0.717, 1.165) is 6.42 Å². The molecule has 0 saturated carbocycles. The Morgan fingerprint density at radius 1 is 1.24 bits per heavy atom. The molecule has 4 rings (SSSR count). The molecule has 80 valence electrons. The minimum Gasteiger partial charge on any atom is -0.0833 e. The zero-order valence-electron chi connectivity index (χ0n) is 9.75. The van der Waals surface area contributed by atoms with Crippen molar-refractivity contribution >= 4 is 21.9 Å². The summed E-state index contributed by atoms with van der Waals surface area (Å²) < 4.78 is 0. The number of fused-ring (bicyclic) bond motifs is 2. The van der Waals surface area contributed by atoms with E-state index >= 15 is 0 Å². The minimum atomic E-state index is 0.612. The molecule has 0 heterocycles. The van der Waals surface area contributed by atoms with Crippen LogP contribution in [0.3, 0.4) is 0 Å². The fourth-order valence-corrected chi connectivity index (χ4v) is 3.15. The SMILES string of the molecule is CC1CC=CC2=C1c1cc#cc3cccc2c13. The topological polar surface area (TPSA) is 0 Å². The van der Waals surface area contributed by atoms with Gasteiger partial charge in [-0.3, -0.25) is 0 Å². The predicted octanol–water partition coefficient (Wildman–Crippen LogP) is 4.26. The van der Waals surface area contributed by atoms with Crippen molar-refractivity contribution in [3.05, 3.63) is 59.7 Å². The van der Waals surface area contributed by atoms with E-state index in [0.29, 0.717) is 5.92 Å². The molecule has 2 aromatic rings. The summed E-state index contributed by atoms with van der Waals surface area (Å²) in [6.07, 6.45) is 5.72. The highest BCUT2D eigenvalue weighted by Crippen LogP contribution is 2.47. The highest BCUT2D eigenvalue weighted by molar-refractivity contribution is 6.16. The molecule has 0 N–H and O–H groups in total. The van der Waals surface area contributed by atoms with Crippen LogP contribution in [-0.2, 0) is 0 Å². The van der Waals surface area contributed by atoms with Crippen molar-refractivity contribution in [2.24, 2.45) is 5.92 Å². The summed E-state index contributed by atoms with van der Waals surface area (Å²) in [5, 5.41) is 2.56. The van der Waals surface area contributed by atoms with Crippen LogP contribution in [0.2, 0.25) is 0 Å². The molecule has 2 aliphatic carbocycles. The highest BCUT2D eigenvalue weighted by Gasteiger charge is 2.27. The monoisotopic (exact) mass is 216 g/mol. The van der Waals surface area contributed by atoms with Crippen LogP contribution < -0.4 is 0 Å². The summed E-state index contributed by atoms with van der Waals surface area (Å²) in [7, 11) is 0. The quantitative estimate of drug-likeness (QED) is 0.617. The summed E-state index contributed by atoms with van der Waals surface area (Å²) in [6, 6.07) is 15.0. The molecule has 17 heavy (non-hydrogen) atoms. The van der Waals surface area contributed by atoms with Crippen LogP contribution in [0.1, 0.15) is 24.5 Å². The Morgan fingerprint density at radius 3 is 3.12 bits per heavy atom. The van der Waals surface area contributed by atoms with Gasteiger partial charge in [0.15, 0.2) is 0 Å². The Kier molecular flexibility index (Phi) is 1.61. The van der Waals surface area contributed by atoms with Gasteiger partial charge in [0.05, 0.1) is 0 Å². The molecule has 0 bridgehead atoms. The largest absolute Gasteiger partial charge is 0.0833 e. The molecule has 0 amide bonds. The van der Waals surface area contributed by atoms with E-state index in [4.69, 9.17) is 0 Å². The fraction of sp³-hybridized carbons (Fsp3) is 0.176. The summed E-state index contributed by atoms with van der Waals surface area (Å²) in [6.45, 7) is 2.31. The molecule has 0 aromatic heterocycles. The van der Waals surface area contributed by atoms with Crippen LogP contribution in [0.15, 0.2) is 36.4 Å². The highest BCUT2D eigenvalue weighted by atomic mass is 14.3. The third-order valence-electron chi connectivity index (χ3n) is 3.89. The van der Waals surface area contributed by atoms with Gasteiger partial charge in [-0.15, -0.1) is 0 Å². The normalized spacial score (nSPS) is 20.6. The summed E-state index contributed by atoms with van der Waals surface area (Å²) in [5.74, 6) is 0.612. The molecule has 1 unspecified atom stereocenters. The molecule has 0 spiro atoms. The molecule has 2 aromatic carbocycles. The third kappa shape index (κ3) is 1.04. The Labute approximate surface area is 101 Å². The molecule has 2 aliphatic rings. The first-order chi connectivity index (χ1) is 8.36. The van der Waals surface area contributed by atoms with Crippen molar-refractivity contribution in [1.29, 1.82) is 0 Å². The maximum atomic E-state index is 3.22. The van der Waals surface area contributed by atoms with Gasteiger partial charge < -0.3 is 0 Å². The van der Waals surface area contributed by atoms with Crippen LogP contribution in [0, 0.1) is 18.1 Å². The first-order valence-corrected chi connectivity index (χ1v) is 6.13. The van der Waals surface area contributed by atoms with Crippen LogP contribution in [0.5, 0.6) is 0 Å². The van der Waals surface area contributed by atoms with Gasteiger partial charge in [-0.25, -0.2) is 0 Å². The number of hydrogen-bond acceptors (Lipinski definition) is 0. The van der Waals surface area contributed by atoms with Crippen molar-refractivity contribution in [3.63, 3.8) is 0 Å². The second-order valence-electron chi connectivity index (χ2n) is 4.92. The van der Waals surface area contributed by atoms with Gasteiger partial charge in [0, 0.05) is 10.8 Å². The molecule has 0 nitrogen and oxygen atoms in total. The van der Waals surface area contributed by atoms with Gasteiger partial charge in [-0.05, 0) is 46.7 Å². The number of benzene rings is 1. The second kappa shape index (κ2) is 3.02. The zero-order valence-corrected chi connectivity index (χ0v) is 9.75. The number of rotatable bonds is 0. The standard InChI is InChI=1S/C17H12/c1-11-5-2-8-13-14-9-3-6-12-7-4-10-15(16(11)13)17(12)14/h2-3,6,8-11H,5H2,1H3. The number of hydrogen-bond donors (Lipinski definition) is 0. The fourth-order valence-electron chi connectivity index (χ4n) is 3.15. The second-order valence-corrected chi connectivity index (χ2v) is 4.92. The minimum absolute atomic E-state index is 0.612. The maximum absolute atomic E-state index is 3.22. The summed E-state index contributed by atoms with van der Waals surface area (Å²) >= 11 is 0. The lowest BCUT2D eigenvalue weighted by Gasteiger charge is -2.17. The predicted molar refractivity (Wildman–Crippen MR) is 71.4 cm³/mol. The van der Waals surface area contributed by atoms with E-state index in [-0.39, 0.29) is 0 Å². The van der Waals surface area contributed by atoms with E-state index in [2.05, 4.69) is 55.5 Å². The van der Waals surface area contributed by atoms with Crippen LogP contribution in [0.25, 0.3) is 21.9 Å². The molecule has 0 aliphatic heterocycles. The summed E-state index contributed by atoms with van der Waals surface area (Å²) in [5.41, 5.74) is 5.67. The van der Waals surface area contributed by atoms with Gasteiger partial charge in [0.25, 0.3) is 0 Å². The van der Waals surface area contributed by atoms with Gasteiger partial charge in [0.2, 0.25) is 0 Å². The lowest BCUT2D eigenvalue weighted by molar-refractivity contribution is 0.763. The first kappa shape index (κ1) is 9.07. The smallest absolute Gasteiger partial charge is 0.0333 e. The van der Waals surface area contributed by atoms with E-state index in [9.17, 15) is 0 Å². The Hall–Kier alpha value is -2.00. The molecule has 0 saturated heterocycles. The molecule has 0 fully saturated rings. The van der Waals surface area contributed by atoms with Crippen molar-refractivity contribution in [2.45, 2.75) is 13.3 Å². The summed E-state index contributed by atoms with van der Waals surface area (Å²) in [4.78, 5) is 0. The van der Waals surface area contributed by atoms with Crippen molar-refractivity contribution in [2.75, 3.05) is 0 Å². The zero-order chi connectivity index (χ0) is 11.4. The lowest BCUT2D eigenvalue weighted by Crippen LogP contribution is -2.00. The van der Waals surface area contributed by atoms with Crippen LogP contribution in [0.4, 0.5) is 0 Å². The lowest BCUT2D eigenvalue weighted by atomic mass is 9.87. The maximum Gasteiger partial charge on any atom is 0.0333 e. The molecule has 0 heteroatoms. The van der Waals surface area contributed by atoms with Crippen molar-refractivity contribution in [3.8, 4) is 0 Å². The Morgan fingerprint density at radius 2 is 2.18 bits per heavy atom. The van der Waals surface area contributed by atoms with Crippen molar-refractivity contribution in [1.82, 2.24) is 0 Å². The molecule has 0 radical (unpaired) electrons. The van der Waals surface area contributed by atoms with E-state index in [1.54, 1.807) is 0 Å². The molecular formula is C17H12.